The Hall–Kier alpha value is -2.19. The number of hydrogen-bond donors (Lipinski definition) is 4. The molecule has 6 rings (SSSR count). The summed E-state index contributed by atoms with van der Waals surface area (Å²) in [6.07, 6.45) is 6.43. The molecule has 3 atom stereocenters. The van der Waals surface area contributed by atoms with E-state index in [0.29, 0.717) is 49.2 Å². The molecule has 38 heavy (non-hydrogen) atoms. The molecule has 202 valence electrons. The maximum Gasteiger partial charge on any atom is 0.238 e. The van der Waals surface area contributed by atoms with Gasteiger partial charge >= 0.3 is 0 Å². The molecule has 0 bridgehead atoms. The molecule has 2 spiro atoms. The predicted octanol–water partition coefficient (Wildman–Crippen LogP) is 5.20. The van der Waals surface area contributed by atoms with Crippen molar-refractivity contribution in [3.05, 3.63) is 63.4 Å². The number of aliphatic hydroxyl groups is 1. The van der Waals surface area contributed by atoms with Crippen molar-refractivity contribution in [2.45, 2.75) is 92.8 Å². The lowest BCUT2D eigenvalue weighted by atomic mass is 9.55. The summed E-state index contributed by atoms with van der Waals surface area (Å²) < 4.78 is 15.9. The second-order valence-electron chi connectivity index (χ2n) is 11.4. The summed E-state index contributed by atoms with van der Waals surface area (Å²) in [5.41, 5.74) is -0.391. The highest BCUT2D eigenvalue weighted by Crippen LogP contribution is 2.62. The van der Waals surface area contributed by atoms with Gasteiger partial charge in [-0.3, -0.25) is 14.9 Å². The van der Waals surface area contributed by atoms with Crippen molar-refractivity contribution in [3.8, 4) is 0 Å². The normalized spacial score (nSPS) is 31.8. The lowest BCUT2D eigenvalue weighted by Crippen LogP contribution is -2.60. The fraction of sp³-hybridized carbons (Fsp3) is 0.517. The van der Waals surface area contributed by atoms with Gasteiger partial charge in [0.25, 0.3) is 0 Å². The molecule has 2 amide bonds. The van der Waals surface area contributed by atoms with Gasteiger partial charge in [0.2, 0.25) is 11.8 Å². The number of halogens is 3. The van der Waals surface area contributed by atoms with Crippen molar-refractivity contribution in [1.82, 2.24) is 10.6 Å². The Bertz CT molecular complexity index is 1280. The minimum Gasteiger partial charge on any atom is -0.393 e. The predicted molar refractivity (Wildman–Crippen MR) is 145 cm³/mol. The van der Waals surface area contributed by atoms with Crippen molar-refractivity contribution < 1.29 is 19.1 Å². The van der Waals surface area contributed by atoms with Gasteiger partial charge in [-0.25, -0.2) is 4.39 Å². The van der Waals surface area contributed by atoms with Crippen LogP contribution < -0.4 is 16.0 Å². The van der Waals surface area contributed by atoms with Crippen LogP contribution in [0.4, 0.5) is 10.1 Å². The van der Waals surface area contributed by atoms with Gasteiger partial charge in [-0.05, 0) is 67.9 Å². The molecule has 2 saturated carbocycles. The Morgan fingerprint density at radius 3 is 2.53 bits per heavy atom. The number of rotatable bonds is 3. The van der Waals surface area contributed by atoms with Crippen molar-refractivity contribution >= 4 is 40.7 Å². The van der Waals surface area contributed by atoms with Crippen molar-refractivity contribution in [1.29, 1.82) is 0 Å². The zero-order valence-corrected chi connectivity index (χ0v) is 22.5. The number of aliphatic hydroxyl groups excluding tert-OH is 1. The monoisotopic (exact) mass is 559 g/mol. The van der Waals surface area contributed by atoms with Crippen LogP contribution >= 0.6 is 23.2 Å². The lowest BCUT2D eigenvalue weighted by molar-refractivity contribution is -0.125. The maximum absolute atomic E-state index is 15.9. The van der Waals surface area contributed by atoms with Crippen molar-refractivity contribution in [2.75, 3.05) is 5.32 Å². The van der Waals surface area contributed by atoms with Gasteiger partial charge < -0.3 is 15.7 Å². The lowest BCUT2D eigenvalue weighted by Gasteiger charge is -2.47. The Kier molecular flexibility index (Phi) is 6.70. The molecule has 3 fully saturated rings. The largest absolute Gasteiger partial charge is 0.393 e. The van der Waals surface area contributed by atoms with Crippen LogP contribution in [0.5, 0.6) is 0 Å². The van der Waals surface area contributed by atoms with E-state index in [9.17, 15) is 14.7 Å². The van der Waals surface area contributed by atoms with Gasteiger partial charge in [-0.15, -0.1) is 0 Å². The fourth-order valence-corrected chi connectivity index (χ4v) is 8.08. The third-order valence-corrected chi connectivity index (χ3v) is 9.88. The smallest absolute Gasteiger partial charge is 0.238 e. The third kappa shape index (κ3) is 3.88. The first-order valence-electron chi connectivity index (χ1n) is 13.6. The number of amides is 2. The third-order valence-electron chi connectivity index (χ3n) is 9.35. The van der Waals surface area contributed by atoms with Crippen LogP contribution in [0.15, 0.2) is 36.4 Å². The molecule has 2 aromatic rings. The summed E-state index contributed by atoms with van der Waals surface area (Å²) >= 11 is 12.6. The van der Waals surface area contributed by atoms with Gasteiger partial charge in [-0.2, -0.15) is 0 Å². The molecule has 0 aromatic heterocycles. The number of anilines is 1. The zero-order valence-electron chi connectivity index (χ0n) is 21.0. The average Bonchev–Trinajstić information content (AvgIpc) is 3.35. The van der Waals surface area contributed by atoms with E-state index >= 15 is 4.39 Å². The number of hydrogen-bond acceptors (Lipinski definition) is 4. The molecule has 2 aromatic carbocycles. The van der Waals surface area contributed by atoms with E-state index in [1.165, 1.54) is 6.07 Å². The zero-order chi connectivity index (χ0) is 26.7. The van der Waals surface area contributed by atoms with Gasteiger partial charge in [0.1, 0.15) is 11.2 Å². The van der Waals surface area contributed by atoms with E-state index < -0.39 is 28.7 Å². The summed E-state index contributed by atoms with van der Waals surface area (Å²) in [6, 6.07) is 9.20. The Balaban J connectivity index is 1.53. The molecule has 2 heterocycles. The van der Waals surface area contributed by atoms with Crippen molar-refractivity contribution in [3.63, 3.8) is 0 Å². The SMILES string of the molecule is O=C(N[C@H]1CC[C@@H](O)CC1)[C@@H]1NC2(CCCCC2)[C@@]2(C(=O)Nc3cc(Cl)ccc32)[C@H]1c1cccc(Cl)c1F. The van der Waals surface area contributed by atoms with E-state index in [4.69, 9.17) is 23.2 Å². The highest BCUT2D eigenvalue weighted by atomic mass is 35.5. The van der Waals surface area contributed by atoms with Crippen LogP contribution in [-0.2, 0) is 15.0 Å². The number of nitrogens with one attached hydrogen (secondary N) is 3. The van der Waals surface area contributed by atoms with Gasteiger partial charge in [0.05, 0.1) is 17.2 Å². The summed E-state index contributed by atoms with van der Waals surface area (Å²) in [4.78, 5) is 28.4. The van der Waals surface area contributed by atoms with Crippen LogP contribution in [-0.4, -0.2) is 40.6 Å². The van der Waals surface area contributed by atoms with Crippen LogP contribution in [0.2, 0.25) is 10.0 Å². The molecule has 9 heteroatoms. The summed E-state index contributed by atoms with van der Waals surface area (Å²) in [5, 5.41) is 20.2. The molecular formula is C29H32Cl2FN3O3. The fourth-order valence-electron chi connectivity index (χ4n) is 7.73. The molecule has 0 radical (unpaired) electrons. The molecule has 4 aliphatic rings. The van der Waals surface area contributed by atoms with E-state index in [-0.39, 0.29) is 34.5 Å². The first-order valence-corrected chi connectivity index (χ1v) is 14.3. The highest BCUT2D eigenvalue weighted by Gasteiger charge is 2.72. The average molecular weight is 560 g/mol. The molecule has 6 nitrogen and oxygen atoms in total. The number of carbonyl (C=O) groups excluding carboxylic acids is 2. The second kappa shape index (κ2) is 9.77. The van der Waals surface area contributed by atoms with Crippen LogP contribution in [0.25, 0.3) is 0 Å². The second-order valence-corrected chi connectivity index (χ2v) is 12.2. The van der Waals surface area contributed by atoms with E-state index in [2.05, 4.69) is 16.0 Å². The van der Waals surface area contributed by atoms with Gasteiger partial charge in [0, 0.05) is 28.2 Å². The molecule has 4 N–H and O–H groups in total. The first-order chi connectivity index (χ1) is 18.3. The molecule has 2 aliphatic heterocycles. The standard InChI is InChI=1S/C29H32Cl2FN3O3/c30-16-7-12-20-22(15-16)34-27(38)29(20)23(19-5-4-6-21(31)24(19)32)25(35-28(29)13-2-1-3-14-28)26(37)33-17-8-10-18(36)11-9-17/h4-7,12,15,17-18,23,25,35-36H,1-3,8-11,13-14H2,(H,33,37)(H,34,38)/t17-,18+,23-,25+,29+/m0/s1. The van der Waals surface area contributed by atoms with Gasteiger partial charge in [0.15, 0.2) is 0 Å². The molecule has 0 unspecified atom stereocenters. The minimum absolute atomic E-state index is 0.0441. The maximum atomic E-state index is 15.9. The number of fused-ring (bicyclic) bond motifs is 3. The quantitative estimate of drug-likeness (QED) is 0.416. The van der Waals surface area contributed by atoms with Crippen LogP contribution in [0.1, 0.15) is 74.8 Å². The molecular weight excluding hydrogens is 528 g/mol. The Labute approximate surface area is 231 Å². The minimum atomic E-state index is -1.23. The Morgan fingerprint density at radius 1 is 1.05 bits per heavy atom. The number of benzene rings is 2. The highest BCUT2D eigenvalue weighted by molar-refractivity contribution is 6.31. The van der Waals surface area contributed by atoms with Crippen molar-refractivity contribution in [2.24, 2.45) is 0 Å². The summed E-state index contributed by atoms with van der Waals surface area (Å²) in [5.74, 6) is -1.95. The molecule has 2 aliphatic carbocycles. The van der Waals surface area contributed by atoms with E-state index in [1.54, 1.807) is 24.3 Å². The Morgan fingerprint density at radius 2 is 1.79 bits per heavy atom. The summed E-state index contributed by atoms with van der Waals surface area (Å²) in [7, 11) is 0. The van der Waals surface area contributed by atoms with Gasteiger partial charge in [-0.1, -0.05) is 60.7 Å². The van der Waals surface area contributed by atoms with Crippen LogP contribution in [0.3, 0.4) is 0 Å². The first kappa shape index (κ1) is 26.1. The summed E-state index contributed by atoms with van der Waals surface area (Å²) in [6.45, 7) is 0. The van der Waals surface area contributed by atoms with Crippen LogP contribution in [0, 0.1) is 5.82 Å². The molecule has 1 saturated heterocycles. The van der Waals surface area contributed by atoms with E-state index in [0.717, 1.165) is 24.8 Å². The topological polar surface area (TPSA) is 90.5 Å². The number of carbonyl (C=O) groups is 2. The van der Waals surface area contributed by atoms with E-state index in [1.807, 2.05) is 6.07 Å².